The molecule has 1 atom stereocenters. The highest BCUT2D eigenvalue weighted by Crippen LogP contribution is 2.26. The van der Waals surface area contributed by atoms with Crippen LogP contribution in [0, 0.1) is 0 Å². The minimum absolute atomic E-state index is 0.166. The Kier molecular flexibility index (Phi) is 3.28. The molecule has 1 N–H and O–H groups in total. The molecular weight excluding hydrogens is 218 g/mol. The third-order valence-electron chi connectivity index (χ3n) is 2.73. The largest absolute Gasteiger partial charge is 0.469 e. The zero-order valence-corrected chi connectivity index (χ0v) is 10.3. The van der Waals surface area contributed by atoms with Crippen LogP contribution in [0.5, 0.6) is 0 Å². The van der Waals surface area contributed by atoms with Crippen molar-refractivity contribution < 1.29 is 9.52 Å². The monoisotopic (exact) mass is 235 g/mol. The average molecular weight is 235 g/mol. The summed E-state index contributed by atoms with van der Waals surface area (Å²) >= 11 is 0. The van der Waals surface area contributed by atoms with Crippen molar-refractivity contribution in [3.8, 4) is 0 Å². The van der Waals surface area contributed by atoms with Crippen molar-refractivity contribution in [2.75, 3.05) is 0 Å². The van der Waals surface area contributed by atoms with Crippen LogP contribution in [0.2, 0.25) is 0 Å². The van der Waals surface area contributed by atoms with E-state index >= 15 is 0 Å². The first-order valence-electron chi connectivity index (χ1n) is 5.78. The number of nitrogens with zero attached hydrogens (tertiary/aromatic N) is 3. The number of hydrogen-bond donors (Lipinski definition) is 1. The second kappa shape index (κ2) is 4.71. The van der Waals surface area contributed by atoms with Crippen LogP contribution in [0.1, 0.15) is 50.1 Å². The lowest BCUT2D eigenvalue weighted by Gasteiger charge is -2.14. The molecule has 0 aliphatic carbocycles. The van der Waals surface area contributed by atoms with E-state index in [1.165, 1.54) is 6.33 Å². The molecule has 92 valence electrons. The van der Waals surface area contributed by atoms with Crippen molar-refractivity contribution >= 4 is 0 Å². The number of aliphatic hydroxyl groups is 1. The summed E-state index contributed by atoms with van der Waals surface area (Å²) in [5.74, 6) is 1.34. The maximum Gasteiger partial charge on any atom is 0.160 e. The van der Waals surface area contributed by atoms with Gasteiger partial charge < -0.3 is 9.52 Å². The Morgan fingerprint density at radius 3 is 2.88 bits per heavy atom. The van der Waals surface area contributed by atoms with Gasteiger partial charge in [0.25, 0.3) is 0 Å². The third kappa shape index (κ3) is 2.10. The van der Waals surface area contributed by atoms with Gasteiger partial charge in [0, 0.05) is 18.0 Å². The smallest absolute Gasteiger partial charge is 0.160 e. The van der Waals surface area contributed by atoms with Crippen LogP contribution in [0.3, 0.4) is 0 Å². The Balaban J connectivity index is 2.37. The van der Waals surface area contributed by atoms with E-state index in [-0.39, 0.29) is 6.04 Å². The lowest BCUT2D eigenvalue weighted by atomic mass is 10.1. The molecule has 0 saturated heterocycles. The quantitative estimate of drug-likeness (QED) is 0.881. The predicted octanol–water partition coefficient (Wildman–Crippen LogP) is 2.10. The summed E-state index contributed by atoms with van der Waals surface area (Å²) in [6, 6.07) is 1.95. The third-order valence-corrected chi connectivity index (χ3v) is 2.73. The molecule has 2 aromatic heterocycles. The van der Waals surface area contributed by atoms with Crippen LogP contribution >= 0.6 is 0 Å². The lowest BCUT2D eigenvalue weighted by molar-refractivity contribution is 0.197. The second-order valence-corrected chi connectivity index (χ2v) is 4.21. The first kappa shape index (κ1) is 11.9. The Hall–Kier alpha value is -1.62. The SMILES string of the molecule is CCc1occc1C(O)c1ncnn1C(C)C. The van der Waals surface area contributed by atoms with E-state index in [2.05, 4.69) is 10.1 Å². The van der Waals surface area contributed by atoms with Gasteiger partial charge >= 0.3 is 0 Å². The number of hydrogen-bond acceptors (Lipinski definition) is 4. The van der Waals surface area contributed by atoms with Crippen LogP contribution in [0.15, 0.2) is 23.1 Å². The van der Waals surface area contributed by atoms with Crippen LogP contribution < -0.4 is 0 Å². The van der Waals surface area contributed by atoms with Crippen molar-refractivity contribution in [2.45, 2.75) is 39.3 Å². The van der Waals surface area contributed by atoms with Gasteiger partial charge in [0.2, 0.25) is 0 Å². The first-order chi connectivity index (χ1) is 8.15. The second-order valence-electron chi connectivity index (χ2n) is 4.21. The highest BCUT2D eigenvalue weighted by Gasteiger charge is 2.22. The average Bonchev–Trinajstić information content (AvgIpc) is 2.96. The molecular formula is C12H17N3O2. The number of aryl methyl sites for hydroxylation is 1. The van der Waals surface area contributed by atoms with Crippen LogP contribution in [0.4, 0.5) is 0 Å². The summed E-state index contributed by atoms with van der Waals surface area (Å²) in [5, 5.41) is 14.4. The highest BCUT2D eigenvalue weighted by atomic mass is 16.3. The molecule has 2 aromatic rings. The van der Waals surface area contributed by atoms with Crippen molar-refractivity contribution in [2.24, 2.45) is 0 Å². The summed E-state index contributed by atoms with van der Waals surface area (Å²) < 4.78 is 7.04. The maximum absolute atomic E-state index is 10.3. The van der Waals surface area contributed by atoms with Crippen LogP contribution in [-0.2, 0) is 6.42 Å². The summed E-state index contributed by atoms with van der Waals surface area (Å²) in [6.07, 6.45) is 3.01. The van der Waals surface area contributed by atoms with Crippen LogP contribution in [0.25, 0.3) is 0 Å². The van der Waals surface area contributed by atoms with Crippen molar-refractivity contribution in [1.29, 1.82) is 0 Å². The van der Waals surface area contributed by atoms with Gasteiger partial charge in [0.05, 0.1) is 6.26 Å². The minimum atomic E-state index is -0.784. The molecule has 0 aromatic carbocycles. The fourth-order valence-corrected chi connectivity index (χ4v) is 1.87. The molecule has 5 nitrogen and oxygen atoms in total. The van der Waals surface area contributed by atoms with E-state index in [0.29, 0.717) is 5.82 Å². The molecule has 2 rings (SSSR count). The summed E-state index contributed by atoms with van der Waals surface area (Å²) in [5.41, 5.74) is 0.766. The van der Waals surface area contributed by atoms with E-state index in [1.807, 2.05) is 20.8 Å². The van der Waals surface area contributed by atoms with Gasteiger partial charge in [0.15, 0.2) is 5.82 Å². The molecule has 0 spiro atoms. The van der Waals surface area contributed by atoms with Gasteiger partial charge in [-0.05, 0) is 19.9 Å². The first-order valence-corrected chi connectivity index (χ1v) is 5.78. The van der Waals surface area contributed by atoms with Crippen molar-refractivity contribution in [3.63, 3.8) is 0 Å². The van der Waals surface area contributed by atoms with E-state index in [0.717, 1.165) is 17.7 Å². The fraction of sp³-hybridized carbons (Fsp3) is 0.500. The van der Waals surface area contributed by atoms with Gasteiger partial charge in [-0.25, -0.2) is 9.67 Å². The molecule has 0 saturated carbocycles. The number of aromatic nitrogens is 3. The summed E-state index contributed by atoms with van der Waals surface area (Å²) in [7, 11) is 0. The molecule has 0 aliphatic rings. The van der Waals surface area contributed by atoms with Gasteiger partial charge in [-0.2, -0.15) is 5.10 Å². The van der Waals surface area contributed by atoms with Gasteiger partial charge in [-0.3, -0.25) is 0 Å². The Morgan fingerprint density at radius 1 is 1.47 bits per heavy atom. The molecule has 0 aliphatic heterocycles. The van der Waals surface area contributed by atoms with Gasteiger partial charge in [-0.1, -0.05) is 6.92 Å². The normalized spacial score (nSPS) is 13.2. The zero-order chi connectivity index (χ0) is 12.4. The Labute approximate surface area is 100 Å². The number of furan rings is 1. The summed E-state index contributed by atoms with van der Waals surface area (Å²) in [4.78, 5) is 4.13. The minimum Gasteiger partial charge on any atom is -0.469 e. The number of aliphatic hydroxyl groups excluding tert-OH is 1. The van der Waals surface area contributed by atoms with E-state index in [9.17, 15) is 5.11 Å². The van der Waals surface area contributed by atoms with E-state index in [1.54, 1.807) is 17.0 Å². The highest BCUT2D eigenvalue weighted by molar-refractivity contribution is 5.25. The maximum atomic E-state index is 10.3. The topological polar surface area (TPSA) is 64.1 Å². The molecule has 17 heavy (non-hydrogen) atoms. The molecule has 2 heterocycles. The fourth-order valence-electron chi connectivity index (χ4n) is 1.87. The molecule has 1 unspecified atom stereocenters. The van der Waals surface area contributed by atoms with E-state index < -0.39 is 6.10 Å². The van der Waals surface area contributed by atoms with E-state index in [4.69, 9.17) is 4.42 Å². The number of rotatable bonds is 4. The Bertz CT molecular complexity index is 487. The van der Waals surface area contributed by atoms with Gasteiger partial charge in [-0.15, -0.1) is 0 Å². The molecule has 0 bridgehead atoms. The van der Waals surface area contributed by atoms with Gasteiger partial charge in [0.1, 0.15) is 18.2 Å². The zero-order valence-electron chi connectivity index (χ0n) is 10.3. The molecule has 5 heteroatoms. The standard InChI is InChI=1S/C12H17N3O2/c1-4-10-9(5-6-17-10)11(16)12-13-7-14-15(12)8(2)3/h5-8,11,16H,4H2,1-3H3. The van der Waals surface area contributed by atoms with Crippen molar-refractivity contribution in [1.82, 2.24) is 14.8 Å². The molecule has 0 amide bonds. The Morgan fingerprint density at radius 2 is 2.24 bits per heavy atom. The van der Waals surface area contributed by atoms with Crippen LogP contribution in [-0.4, -0.2) is 19.9 Å². The lowest BCUT2D eigenvalue weighted by Crippen LogP contribution is -2.13. The predicted molar refractivity (Wildman–Crippen MR) is 62.6 cm³/mol. The molecule has 0 radical (unpaired) electrons. The molecule has 0 fully saturated rings. The van der Waals surface area contributed by atoms with Crippen molar-refractivity contribution in [3.05, 3.63) is 35.8 Å². The summed E-state index contributed by atoms with van der Waals surface area (Å²) in [6.45, 7) is 5.99.